The predicted octanol–water partition coefficient (Wildman–Crippen LogP) is 0.722. The van der Waals surface area contributed by atoms with Crippen LogP contribution in [0.5, 0.6) is 5.75 Å². The molecule has 30 heavy (non-hydrogen) atoms. The van der Waals surface area contributed by atoms with Gasteiger partial charge in [-0.3, -0.25) is 14.9 Å². The van der Waals surface area contributed by atoms with Crippen LogP contribution in [0.15, 0.2) is 46.0 Å². The number of nitro benzene ring substituents is 1. The molecular weight excluding hydrogens is 418 g/mol. The quantitative estimate of drug-likeness (QED) is 0.361. The zero-order valence-electron chi connectivity index (χ0n) is 15.8. The van der Waals surface area contributed by atoms with Crippen molar-refractivity contribution in [1.29, 1.82) is 0 Å². The van der Waals surface area contributed by atoms with Crippen molar-refractivity contribution in [3.05, 3.63) is 72.9 Å². The van der Waals surface area contributed by atoms with E-state index in [2.05, 4.69) is 10.3 Å². The van der Waals surface area contributed by atoms with Gasteiger partial charge in [0.15, 0.2) is 0 Å². The Hall–Kier alpha value is -3.87. The summed E-state index contributed by atoms with van der Waals surface area (Å²) in [6.07, 6.45) is 0.779. The summed E-state index contributed by atoms with van der Waals surface area (Å²) >= 11 is 0. The number of aromatic nitrogens is 2. The third-order valence-corrected chi connectivity index (χ3v) is 4.62. The molecule has 0 aliphatic carbocycles. The summed E-state index contributed by atoms with van der Waals surface area (Å²) in [5.74, 6) is 0.651. The van der Waals surface area contributed by atoms with Crippen LogP contribution >= 0.6 is 0 Å². The number of hydrogen-bond donors (Lipinski definition) is 3. The topological polar surface area (TPSA) is 165 Å². The smallest absolute Gasteiger partial charge is 0.348 e. The third-order valence-electron chi connectivity index (χ3n) is 4.11. The van der Waals surface area contributed by atoms with Crippen molar-refractivity contribution in [1.82, 2.24) is 9.66 Å². The minimum atomic E-state index is -3.92. The Kier molecular flexibility index (Phi) is 5.47. The van der Waals surface area contributed by atoms with Gasteiger partial charge in [0.25, 0.3) is 11.2 Å². The summed E-state index contributed by atoms with van der Waals surface area (Å²) in [6, 6.07) is 9.21. The molecule has 1 aromatic heterocycles. The average Bonchev–Trinajstić information content (AvgIpc) is 2.68. The normalized spacial score (nSPS) is 11.3. The van der Waals surface area contributed by atoms with Crippen molar-refractivity contribution in [3.63, 3.8) is 0 Å². The number of fused-ring (bicyclic) bond motifs is 1. The molecule has 0 atom stereocenters. The lowest BCUT2D eigenvalue weighted by Gasteiger charge is -2.11. The van der Waals surface area contributed by atoms with Crippen molar-refractivity contribution in [2.45, 2.75) is 6.54 Å². The molecule has 0 fully saturated rings. The fraction of sp³-hybridized carbons (Fsp3) is 0.176. The average molecular weight is 435 g/mol. The molecule has 0 unspecified atom stereocenters. The van der Waals surface area contributed by atoms with Crippen LogP contribution in [0, 0.1) is 10.1 Å². The van der Waals surface area contributed by atoms with Crippen LogP contribution in [0.4, 0.5) is 11.4 Å². The number of anilines is 1. The Morgan fingerprint density at radius 2 is 1.87 bits per heavy atom. The van der Waals surface area contributed by atoms with Gasteiger partial charge in [0.05, 0.1) is 29.2 Å². The van der Waals surface area contributed by atoms with E-state index >= 15 is 0 Å². The highest BCUT2D eigenvalue weighted by atomic mass is 32.2. The van der Waals surface area contributed by atoms with Crippen LogP contribution in [0.3, 0.4) is 0 Å². The van der Waals surface area contributed by atoms with Crippen LogP contribution in [0.25, 0.3) is 10.9 Å². The number of sulfonamides is 1. The first-order valence-electron chi connectivity index (χ1n) is 8.41. The molecular formula is C17H17N5O7S. The van der Waals surface area contributed by atoms with Crippen molar-refractivity contribution < 1.29 is 18.1 Å². The highest BCUT2D eigenvalue weighted by molar-refractivity contribution is 7.91. The van der Waals surface area contributed by atoms with E-state index in [-0.39, 0.29) is 33.5 Å². The Balaban J connectivity index is 2.07. The summed E-state index contributed by atoms with van der Waals surface area (Å²) in [4.78, 5) is 39.5. The van der Waals surface area contributed by atoms with Gasteiger partial charge in [0, 0.05) is 12.6 Å². The lowest BCUT2D eigenvalue weighted by Crippen LogP contribution is -2.43. The van der Waals surface area contributed by atoms with Gasteiger partial charge < -0.3 is 15.0 Å². The third kappa shape index (κ3) is 4.41. The van der Waals surface area contributed by atoms with Gasteiger partial charge in [-0.1, -0.05) is 12.1 Å². The van der Waals surface area contributed by atoms with Crippen molar-refractivity contribution in [2.24, 2.45) is 0 Å². The molecule has 3 aromatic rings. The molecule has 0 spiro atoms. The standard InChI is InChI=1S/C17H17N5O7S/c1-29-11-5-3-10(4-6-11)9-18-14-7-12-13(8-15(14)22(25)26)19-17(24)21(16(12)23)20-30(2,27)28/h3-8,18,20H,9H2,1-2H3,(H,19,24). The summed E-state index contributed by atoms with van der Waals surface area (Å²) in [5.41, 5.74) is -1.69. The second kappa shape index (κ2) is 7.87. The molecule has 0 aliphatic rings. The van der Waals surface area contributed by atoms with Gasteiger partial charge in [-0.2, -0.15) is 4.68 Å². The van der Waals surface area contributed by atoms with E-state index in [1.807, 2.05) is 0 Å². The van der Waals surface area contributed by atoms with Crippen LogP contribution in [-0.4, -0.2) is 36.4 Å². The molecule has 0 radical (unpaired) electrons. The number of ether oxygens (including phenoxy) is 1. The maximum Gasteiger partial charge on any atom is 0.348 e. The number of rotatable bonds is 7. The number of hydrogen-bond acceptors (Lipinski definition) is 8. The van der Waals surface area contributed by atoms with Crippen molar-refractivity contribution in [2.75, 3.05) is 23.5 Å². The molecule has 0 aliphatic heterocycles. The molecule has 12 nitrogen and oxygen atoms in total. The zero-order valence-corrected chi connectivity index (χ0v) is 16.6. The first-order valence-corrected chi connectivity index (χ1v) is 10.3. The Bertz CT molecular complexity index is 1340. The molecule has 2 aromatic carbocycles. The Morgan fingerprint density at radius 1 is 1.20 bits per heavy atom. The highest BCUT2D eigenvalue weighted by Crippen LogP contribution is 2.28. The van der Waals surface area contributed by atoms with Crippen molar-refractivity contribution >= 4 is 32.3 Å². The lowest BCUT2D eigenvalue weighted by atomic mass is 10.1. The number of benzene rings is 2. The minimum Gasteiger partial charge on any atom is -0.497 e. The molecule has 3 N–H and O–H groups in total. The number of nitrogens with zero attached hydrogens (tertiary/aromatic N) is 2. The predicted molar refractivity (Wildman–Crippen MR) is 110 cm³/mol. The molecule has 13 heteroatoms. The van der Waals surface area contributed by atoms with Gasteiger partial charge in [0.2, 0.25) is 10.0 Å². The highest BCUT2D eigenvalue weighted by Gasteiger charge is 2.19. The number of nitrogens with one attached hydrogen (secondary N) is 3. The number of nitro groups is 1. The monoisotopic (exact) mass is 435 g/mol. The molecule has 3 rings (SSSR count). The first kappa shape index (κ1) is 20.9. The van der Waals surface area contributed by atoms with Crippen LogP contribution in [0.2, 0.25) is 0 Å². The number of aromatic amines is 1. The minimum absolute atomic E-state index is 0.0263. The lowest BCUT2D eigenvalue weighted by molar-refractivity contribution is -0.383. The molecule has 0 bridgehead atoms. The van der Waals surface area contributed by atoms with E-state index in [0.29, 0.717) is 5.75 Å². The second-order valence-electron chi connectivity index (χ2n) is 6.31. The Labute approximate surface area is 169 Å². The molecule has 1 heterocycles. The van der Waals surface area contributed by atoms with E-state index in [1.165, 1.54) is 13.2 Å². The van der Waals surface area contributed by atoms with Gasteiger partial charge in [0.1, 0.15) is 11.4 Å². The van der Waals surface area contributed by atoms with E-state index in [9.17, 15) is 28.1 Å². The number of methoxy groups -OCH3 is 1. The second-order valence-corrected chi connectivity index (χ2v) is 8.03. The van der Waals surface area contributed by atoms with Gasteiger partial charge in [-0.15, -0.1) is 0 Å². The number of H-pyrrole nitrogens is 1. The van der Waals surface area contributed by atoms with Crippen LogP contribution < -0.4 is 26.1 Å². The molecule has 158 valence electrons. The van der Waals surface area contributed by atoms with E-state index in [4.69, 9.17) is 4.74 Å². The van der Waals surface area contributed by atoms with E-state index < -0.39 is 26.2 Å². The summed E-state index contributed by atoms with van der Waals surface area (Å²) in [6.45, 7) is 0.204. The Morgan fingerprint density at radius 3 is 2.43 bits per heavy atom. The summed E-state index contributed by atoms with van der Waals surface area (Å²) < 4.78 is 28.2. The maximum absolute atomic E-state index is 12.6. The summed E-state index contributed by atoms with van der Waals surface area (Å²) in [5, 5.41) is 14.2. The molecule has 0 saturated carbocycles. The van der Waals surface area contributed by atoms with Gasteiger partial charge in [-0.05, 0) is 23.8 Å². The molecule has 0 saturated heterocycles. The SMILES string of the molecule is COc1ccc(CNc2cc3c(=O)n(NS(C)(=O)=O)c(=O)[nH]c3cc2[N+](=O)[O-])cc1. The van der Waals surface area contributed by atoms with E-state index in [0.717, 1.165) is 17.9 Å². The first-order chi connectivity index (χ1) is 14.1. The van der Waals surface area contributed by atoms with E-state index in [1.54, 1.807) is 29.1 Å². The maximum atomic E-state index is 12.6. The van der Waals surface area contributed by atoms with Gasteiger partial charge in [-0.25, -0.2) is 18.0 Å². The fourth-order valence-corrected chi connectivity index (χ4v) is 3.23. The van der Waals surface area contributed by atoms with Crippen LogP contribution in [0.1, 0.15) is 5.56 Å². The van der Waals surface area contributed by atoms with Crippen molar-refractivity contribution in [3.8, 4) is 5.75 Å². The molecule has 0 amide bonds. The van der Waals surface area contributed by atoms with Crippen LogP contribution in [-0.2, 0) is 16.6 Å². The largest absolute Gasteiger partial charge is 0.497 e. The zero-order chi connectivity index (χ0) is 22.1. The fourth-order valence-electron chi connectivity index (χ4n) is 2.73. The van der Waals surface area contributed by atoms with Gasteiger partial charge >= 0.3 is 5.69 Å². The summed E-state index contributed by atoms with van der Waals surface area (Å²) in [7, 11) is -2.39.